The maximum absolute atomic E-state index is 12.6. The van der Waals surface area contributed by atoms with Crippen LogP contribution in [0.5, 0.6) is 0 Å². The van der Waals surface area contributed by atoms with Gasteiger partial charge in [-0.05, 0) is 36.4 Å². The Bertz CT molecular complexity index is 1540. The van der Waals surface area contributed by atoms with Crippen LogP contribution in [0.3, 0.4) is 0 Å². The minimum atomic E-state index is -0.374. The van der Waals surface area contributed by atoms with Gasteiger partial charge in [0.15, 0.2) is 11.5 Å². The summed E-state index contributed by atoms with van der Waals surface area (Å²) in [5, 5.41) is 11.1. The number of pyridine rings is 1. The zero-order valence-electron chi connectivity index (χ0n) is 16.0. The van der Waals surface area contributed by atoms with Crippen molar-refractivity contribution in [3.05, 3.63) is 77.1 Å². The van der Waals surface area contributed by atoms with Gasteiger partial charge in [0.25, 0.3) is 5.91 Å². The highest BCUT2D eigenvalue weighted by atomic mass is 16.2. The SMILES string of the molecule is N#CCNC(=O)c1ccc(-n2c(=O)[nH]c3cnc(-c4cnc5ccccn45)nc32)cc1. The maximum Gasteiger partial charge on any atom is 0.332 e. The summed E-state index contributed by atoms with van der Waals surface area (Å²) < 4.78 is 3.28. The smallest absolute Gasteiger partial charge is 0.332 e. The van der Waals surface area contributed by atoms with E-state index in [0.29, 0.717) is 33.9 Å². The normalized spacial score (nSPS) is 10.9. The van der Waals surface area contributed by atoms with E-state index in [1.807, 2.05) is 34.9 Å². The van der Waals surface area contributed by atoms with E-state index in [0.717, 1.165) is 5.65 Å². The second kappa shape index (κ2) is 7.23. The number of nitrogens with one attached hydrogen (secondary N) is 2. The van der Waals surface area contributed by atoms with Gasteiger partial charge in [0, 0.05) is 11.8 Å². The highest BCUT2D eigenvalue weighted by molar-refractivity contribution is 5.94. The summed E-state index contributed by atoms with van der Waals surface area (Å²) >= 11 is 0. The molecule has 5 rings (SSSR count). The van der Waals surface area contributed by atoms with Crippen LogP contribution in [0.1, 0.15) is 10.4 Å². The average molecular weight is 410 g/mol. The highest BCUT2D eigenvalue weighted by Gasteiger charge is 2.15. The summed E-state index contributed by atoms with van der Waals surface area (Å²) in [7, 11) is 0. The number of hydrogen-bond donors (Lipinski definition) is 2. The molecule has 0 aliphatic heterocycles. The molecule has 10 nitrogen and oxygen atoms in total. The van der Waals surface area contributed by atoms with Gasteiger partial charge in [-0.1, -0.05) is 6.07 Å². The third kappa shape index (κ3) is 3.10. The van der Waals surface area contributed by atoms with Gasteiger partial charge in [0.05, 0.1) is 24.2 Å². The largest absolute Gasteiger partial charge is 0.339 e. The van der Waals surface area contributed by atoms with Crippen LogP contribution < -0.4 is 11.0 Å². The van der Waals surface area contributed by atoms with Crippen molar-refractivity contribution in [2.75, 3.05) is 6.54 Å². The second-order valence-corrected chi connectivity index (χ2v) is 6.66. The van der Waals surface area contributed by atoms with E-state index in [9.17, 15) is 9.59 Å². The summed E-state index contributed by atoms with van der Waals surface area (Å²) in [5.41, 5.74) is 2.89. The molecule has 0 spiro atoms. The summed E-state index contributed by atoms with van der Waals surface area (Å²) in [4.78, 5) is 40.7. The third-order valence-corrected chi connectivity index (χ3v) is 4.79. The zero-order chi connectivity index (χ0) is 21.4. The first-order valence-corrected chi connectivity index (χ1v) is 9.31. The van der Waals surface area contributed by atoms with Crippen LogP contribution in [0.2, 0.25) is 0 Å². The lowest BCUT2D eigenvalue weighted by Gasteiger charge is -2.06. The lowest BCUT2D eigenvalue weighted by atomic mass is 10.2. The van der Waals surface area contributed by atoms with Crippen LogP contribution in [-0.2, 0) is 0 Å². The van der Waals surface area contributed by atoms with Gasteiger partial charge in [0.2, 0.25) is 0 Å². The van der Waals surface area contributed by atoms with E-state index in [2.05, 4.69) is 25.3 Å². The summed E-state index contributed by atoms with van der Waals surface area (Å²) in [6, 6.07) is 14.0. The van der Waals surface area contributed by atoms with Crippen molar-refractivity contribution in [2.45, 2.75) is 0 Å². The van der Waals surface area contributed by atoms with E-state index < -0.39 is 0 Å². The van der Waals surface area contributed by atoms with E-state index in [1.54, 1.807) is 36.7 Å². The van der Waals surface area contributed by atoms with E-state index in [1.165, 1.54) is 4.57 Å². The molecule has 0 saturated heterocycles. The number of carbonyl (C=O) groups excluding carboxylic acids is 1. The van der Waals surface area contributed by atoms with Crippen LogP contribution in [0.25, 0.3) is 34.0 Å². The standard InChI is InChI=1S/C21H14N8O2/c22-8-9-23-20(30)13-4-6-14(7-5-13)29-19-15(26-21(29)31)11-25-18(27-19)16-12-24-17-3-1-2-10-28(16)17/h1-7,10-12H,9H2,(H,23,30)(H,26,31). The first kappa shape index (κ1) is 18.3. The van der Waals surface area contributed by atoms with Gasteiger partial charge in [-0.15, -0.1) is 0 Å². The second-order valence-electron chi connectivity index (χ2n) is 6.66. The Morgan fingerprint density at radius 3 is 2.77 bits per heavy atom. The Morgan fingerprint density at radius 1 is 1.13 bits per heavy atom. The fourth-order valence-electron chi connectivity index (χ4n) is 3.34. The van der Waals surface area contributed by atoms with Crippen LogP contribution in [0.4, 0.5) is 0 Å². The number of aromatic nitrogens is 6. The predicted molar refractivity (Wildman–Crippen MR) is 112 cm³/mol. The Morgan fingerprint density at radius 2 is 1.97 bits per heavy atom. The van der Waals surface area contributed by atoms with Gasteiger partial charge in [-0.3, -0.25) is 9.20 Å². The van der Waals surface area contributed by atoms with Crippen molar-refractivity contribution in [1.82, 2.24) is 34.2 Å². The van der Waals surface area contributed by atoms with Gasteiger partial charge < -0.3 is 10.3 Å². The minimum absolute atomic E-state index is 0.0779. The van der Waals surface area contributed by atoms with Crippen molar-refractivity contribution in [2.24, 2.45) is 0 Å². The topological polar surface area (TPSA) is 134 Å². The number of nitrogens with zero attached hydrogens (tertiary/aromatic N) is 6. The number of fused-ring (bicyclic) bond motifs is 2. The summed E-state index contributed by atoms with van der Waals surface area (Å²) in [5.74, 6) is 0.0584. The van der Waals surface area contributed by atoms with Gasteiger partial charge in [-0.25, -0.2) is 24.3 Å². The first-order valence-electron chi connectivity index (χ1n) is 9.31. The molecule has 0 atom stereocenters. The summed E-state index contributed by atoms with van der Waals surface area (Å²) in [6.45, 7) is -0.0779. The fraction of sp³-hybridized carbons (Fsp3) is 0.0476. The lowest BCUT2D eigenvalue weighted by molar-refractivity contribution is 0.0958. The van der Waals surface area contributed by atoms with Gasteiger partial charge in [0.1, 0.15) is 23.4 Å². The van der Waals surface area contributed by atoms with E-state index in [4.69, 9.17) is 5.26 Å². The third-order valence-electron chi connectivity index (χ3n) is 4.79. The molecule has 0 radical (unpaired) electrons. The van der Waals surface area contributed by atoms with Gasteiger partial charge >= 0.3 is 5.69 Å². The lowest BCUT2D eigenvalue weighted by Crippen LogP contribution is -2.23. The molecule has 2 N–H and O–H groups in total. The van der Waals surface area contributed by atoms with E-state index in [-0.39, 0.29) is 18.1 Å². The van der Waals surface area contributed by atoms with Crippen molar-refractivity contribution in [3.63, 3.8) is 0 Å². The summed E-state index contributed by atoms with van der Waals surface area (Å²) in [6.07, 6.45) is 5.10. The molecular weight excluding hydrogens is 396 g/mol. The Hall–Kier alpha value is -4.78. The molecule has 0 fully saturated rings. The fourth-order valence-corrected chi connectivity index (χ4v) is 3.34. The molecule has 1 amide bonds. The van der Waals surface area contributed by atoms with Crippen molar-refractivity contribution >= 4 is 22.7 Å². The van der Waals surface area contributed by atoms with Crippen LogP contribution in [0.15, 0.2) is 65.8 Å². The molecule has 0 aliphatic rings. The number of aromatic amines is 1. The molecule has 5 aromatic rings. The minimum Gasteiger partial charge on any atom is -0.339 e. The molecule has 10 heteroatoms. The first-order chi connectivity index (χ1) is 15.2. The van der Waals surface area contributed by atoms with Gasteiger partial charge in [-0.2, -0.15) is 5.26 Å². The average Bonchev–Trinajstić information content (AvgIpc) is 3.37. The van der Waals surface area contributed by atoms with Crippen LogP contribution in [0, 0.1) is 11.3 Å². The predicted octanol–water partition coefficient (Wildman–Crippen LogP) is 1.68. The zero-order valence-corrected chi connectivity index (χ0v) is 16.0. The molecule has 4 aromatic heterocycles. The van der Waals surface area contributed by atoms with Crippen molar-refractivity contribution in [3.8, 4) is 23.3 Å². The molecule has 0 saturated carbocycles. The number of H-pyrrole nitrogens is 1. The molecule has 0 bridgehead atoms. The molecule has 0 unspecified atom stereocenters. The Balaban J connectivity index is 1.59. The Labute approximate surface area is 174 Å². The maximum atomic E-state index is 12.6. The molecule has 31 heavy (non-hydrogen) atoms. The number of amides is 1. The monoisotopic (exact) mass is 410 g/mol. The number of imidazole rings is 2. The molecular formula is C21H14N8O2. The number of nitriles is 1. The number of benzene rings is 1. The Kier molecular flexibility index (Phi) is 4.26. The van der Waals surface area contributed by atoms with Crippen LogP contribution >= 0.6 is 0 Å². The molecule has 0 aliphatic carbocycles. The number of hydrogen-bond acceptors (Lipinski definition) is 6. The van der Waals surface area contributed by atoms with Crippen molar-refractivity contribution in [1.29, 1.82) is 5.26 Å². The van der Waals surface area contributed by atoms with Crippen LogP contribution in [-0.4, -0.2) is 41.4 Å². The quantitative estimate of drug-likeness (QED) is 0.433. The highest BCUT2D eigenvalue weighted by Crippen LogP contribution is 2.20. The molecule has 1 aromatic carbocycles. The molecule has 4 heterocycles. The number of carbonyl (C=O) groups is 1. The molecule has 150 valence electrons. The van der Waals surface area contributed by atoms with E-state index >= 15 is 0 Å². The van der Waals surface area contributed by atoms with Crippen molar-refractivity contribution < 1.29 is 4.79 Å². The number of rotatable bonds is 4.